The van der Waals surface area contributed by atoms with Crippen LogP contribution < -0.4 is 5.32 Å². The highest BCUT2D eigenvalue weighted by molar-refractivity contribution is 9.09. The highest BCUT2D eigenvalue weighted by atomic mass is 79.9. The van der Waals surface area contributed by atoms with E-state index in [4.69, 9.17) is 0 Å². The van der Waals surface area contributed by atoms with Gasteiger partial charge in [-0.3, -0.25) is 4.79 Å². The summed E-state index contributed by atoms with van der Waals surface area (Å²) in [6, 6.07) is 0.0887. The van der Waals surface area contributed by atoms with Crippen molar-refractivity contribution in [3.8, 4) is 0 Å². The molecule has 1 rings (SSSR count). The molecule has 17 heavy (non-hydrogen) atoms. The lowest BCUT2D eigenvalue weighted by Crippen LogP contribution is -2.41. The van der Waals surface area contributed by atoms with Crippen molar-refractivity contribution in [1.29, 1.82) is 0 Å². The van der Waals surface area contributed by atoms with Crippen LogP contribution >= 0.6 is 15.9 Å². The van der Waals surface area contributed by atoms with Crippen molar-refractivity contribution in [1.82, 2.24) is 5.32 Å². The molecule has 1 heterocycles. The number of amides is 1. The number of nitrogens with one attached hydrogen (secondary N) is 1. The standard InChI is InChI=1S/C11H20BrNO3S/c1-8(2)5-10(6-12)13-11(14)9-3-4-17(15,16)7-9/h8-10H,3-7H2,1-2H3,(H,13,14). The van der Waals surface area contributed by atoms with Crippen LogP contribution in [0.3, 0.4) is 0 Å². The zero-order valence-electron chi connectivity index (χ0n) is 10.3. The predicted molar refractivity (Wildman–Crippen MR) is 71.9 cm³/mol. The molecule has 100 valence electrons. The van der Waals surface area contributed by atoms with Crippen LogP contribution in [0.1, 0.15) is 26.7 Å². The van der Waals surface area contributed by atoms with Crippen LogP contribution in [0.4, 0.5) is 0 Å². The Labute approximate surface area is 112 Å². The third-order valence-electron chi connectivity index (χ3n) is 2.89. The fourth-order valence-corrected chi connectivity index (χ4v) is 4.22. The quantitative estimate of drug-likeness (QED) is 0.776. The minimum absolute atomic E-state index is 0.00944. The van der Waals surface area contributed by atoms with Crippen molar-refractivity contribution in [2.75, 3.05) is 16.8 Å². The molecule has 0 saturated carbocycles. The Kier molecular flexibility index (Phi) is 5.44. The van der Waals surface area contributed by atoms with Gasteiger partial charge in [-0.2, -0.15) is 0 Å². The number of alkyl halides is 1. The van der Waals surface area contributed by atoms with E-state index in [-0.39, 0.29) is 29.4 Å². The van der Waals surface area contributed by atoms with Crippen molar-refractivity contribution in [3.05, 3.63) is 0 Å². The lowest BCUT2D eigenvalue weighted by Gasteiger charge is -2.20. The Hall–Kier alpha value is -0.100. The topological polar surface area (TPSA) is 63.2 Å². The first-order chi connectivity index (χ1) is 7.84. The van der Waals surface area contributed by atoms with Gasteiger partial charge in [0.2, 0.25) is 5.91 Å². The number of carbonyl (C=O) groups is 1. The van der Waals surface area contributed by atoms with E-state index in [1.165, 1.54) is 0 Å². The van der Waals surface area contributed by atoms with Crippen LogP contribution in [-0.4, -0.2) is 37.2 Å². The molecule has 0 aromatic carbocycles. The molecule has 1 fully saturated rings. The van der Waals surface area contributed by atoms with Crippen molar-refractivity contribution in [2.45, 2.75) is 32.7 Å². The van der Waals surface area contributed by atoms with E-state index in [9.17, 15) is 13.2 Å². The molecule has 0 bridgehead atoms. The minimum atomic E-state index is -2.98. The molecule has 0 aromatic heterocycles. The zero-order valence-corrected chi connectivity index (χ0v) is 12.7. The molecule has 2 atom stereocenters. The average Bonchev–Trinajstić information content (AvgIpc) is 2.57. The monoisotopic (exact) mass is 325 g/mol. The molecule has 2 unspecified atom stereocenters. The molecule has 1 N–H and O–H groups in total. The average molecular weight is 326 g/mol. The molecule has 0 aromatic rings. The third-order valence-corrected chi connectivity index (χ3v) is 5.44. The minimum Gasteiger partial charge on any atom is -0.352 e. The van der Waals surface area contributed by atoms with Gasteiger partial charge in [0.25, 0.3) is 0 Å². The first-order valence-electron chi connectivity index (χ1n) is 5.91. The smallest absolute Gasteiger partial charge is 0.224 e. The van der Waals surface area contributed by atoms with Gasteiger partial charge in [0, 0.05) is 11.4 Å². The maximum absolute atomic E-state index is 11.9. The number of carbonyl (C=O) groups excluding carboxylic acids is 1. The van der Waals surface area contributed by atoms with Gasteiger partial charge in [0.05, 0.1) is 17.4 Å². The summed E-state index contributed by atoms with van der Waals surface area (Å²) < 4.78 is 22.6. The number of sulfone groups is 1. The molecule has 6 heteroatoms. The van der Waals surface area contributed by atoms with E-state index >= 15 is 0 Å². The fourth-order valence-electron chi connectivity index (χ4n) is 2.05. The summed E-state index contributed by atoms with van der Waals surface area (Å²) in [4.78, 5) is 11.9. The Morgan fingerprint density at radius 2 is 2.12 bits per heavy atom. The van der Waals surface area contributed by atoms with Crippen LogP contribution in [-0.2, 0) is 14.6 Å². The molecule has 4 nitrogen and oxygen atoms in total. The second-order valence-electron chi connectivity index (χ2n) is 5.09. The molecule has 1 saturated heterocycles. The Balaban J connectivity index is 2.48. The summed E-state index contributed by atoms with van der Waals surface area (Å²) in [5, 5.41) is 3.63. The summed E-state index contributed by atoms with van der Waals surface area (Å²) in [7, 11) is -2.98. The van der Waals surface area contributed by atoms with E-state index < -0.39 is 9.84 Å². The molecule has 0 radical (unpaired) electrons. The zero-order chi connectivity index (χ0) is 13.1. The van der Waals surface area contributed by atoms with Gasteiger partial charge in [-0.15, -0.1) is 0 Å². The summed E-state index contributed by atoms with van der Waals surface area (Å²) >= 11 is 3.37. The van der Waals surface area contributed by atoms with Crippen LogP contribution in [0.5, 0.6) is 0 Å². The molecular formula is C11H20BrNO3S. The van der Waals surface area contributed by atoms with Crippen LogP contribution in [0.15, 0.2) is 0 Å². The van der Waals surface area contributed by atoms with Crippen LogP contribution in [0, 0.1) is 11.8 Å². The van der Waals surface area contributed by atoms with Crippen LogP contribution in [0.25, 0.3) is 0 Å². The Morgan fingerprint density at radius 3 is 2.53 bits per heavy atom. The van der Waals surface area contributed by atoms with Gasteiger partial charge in [0.1, 0.15) is 0 Å². The normalized spacial score (nSPS) is 24.8. The van der Waals surface area contributed by atoms with Gasteiger partial charge in [0.15, 0.2) is 9.84 Å². The predicted octanol–water partition coefficient (Wildman–Crippen LogP) is 1.35. The van der Waals surface area contributed by atoms with E-state index in [2.05, 4.69) is 35.1 Å². The van der Waals surface area contributed by atoms with E-state index in [1.54, 1.807) is 0 Å². The molecular weight excluding hydrogens is 306 g/mol. The largest absolute Gasteiger partial charge is 0.352 e. The number of rotatable bonds is 5. The van der Waals surface area contributed by atoms with Crippen molar-refractivity contribution in [3.63, 3.8) is 0 Å². The molecule has 1 aliphatic heterocycles. The maximum atomic E-state index is 11.9. The van der Waals surface area contributed by atoms with Crippen LogP contribution in [0.2, 0.25) is 0 Å². The maximum Gasteiger partial charge on any atom is 0.224 e. The summed E-state index contributed by atoms with van der Waals surface area (Å²) in [6.07, 6.45) is 1.36. The lowest BCUT2D eigenvalue weighted by molar-refractivity contribution is -0.124. The third kappa shape index (κ3) is 4.95. The SMILES string of the molecule is CC(C)CC(CBr)NC(=O)C1CCS(=O)(=O)C1. The second kappa shape index (κ2) is 6.18. The van der Waals surface area contributed by atoms with Gasteiger partial charge < -0.3 is 5.32 Å². The van der Waals surface area contributed by atoms with Gasteiger partial charge in [-0.05, 0) is 18.8 Å². The second-order valence-corrected chi connectivity index (χ2v) is 7.97. The number of halogens is 1. The van der Waals surface area contributed by atoms with Crippen molar-refractivity contribution < 1.29 is 13.2 Å². The summed E-state index contributed by atoms with van der Waals surface area (Å²) in [5.41, 5.74) is 0. The fraction of sp³-hybridized carbons (Fsp3) is 0.909. The van der Waals surface area contributed by atoms with Gasteiger partial charge in [-0.1, -0.05) is 29.8 Å². The first kappa shape index (κ1) is 15.0. The molecule has 0 aliphatic carbocycles. The van der Waals surface area contributed by atoms with Crippen molar-refractivity contribution in [2.24, 2.45) is 11.8 Å². The highest BCUT2D eigenvalue weighted by Gasteiger charge is 2.33. The van der Waals surface area contributed by atoms with E-state index in [0.717, 1.165) is 6.42 Å². The molecule has 0 spiro atoms. The van der Waals surface area contributed by atoms with E-state index in [0.29, 0.717) is 17.7 Å². The first-order valence-corrected chi connectivity index (χ1v) is 8.85. The van der Waals surface area contributed by atoms with Gasteiger partial charge >= 0.3 is 0 Å². The Morgan fingerprint density at radius 1 is 1.47 bits per heavy atom. The molecule has 1 amide bonds. The van der Waals surface area contributed by atoms with Crippen molar-refractivity contribution >= 4 is 31.7 Å². The highest BCUT2D eigenvalue weighted by Crippen LogP contribution is 2.19. The number of hydrogen-bond acceptors (Lipinski definition) is 3. The summed E-state index contributed by atoms with van der Waals surface area (Å²) in [5.74, 6) is 0.194. The number of hydrogen-bond donors (Lipinski definition) is 1. The molecule has 1 aliphatic rings. The van der Waals surface area contributed by atoms with Gasteiger partial charge in [-0.25, -0.2) is 8.42 Å². The van der Waals surface area contributed by atoms with E-state index in [1.807, 2.05) is 0 Å². The lowest BCUT2D eigenvalue weighted by atomic mass is 10.0. The Bertz CT molecular complexity index is 367. The summed E-state index contributed by atoms with van der Waals surface area (Å²) in [6.45, 7) is 4.20.